The molecule has 1 aromatic carbocycles. The van der Waals surface area contributed by atoms with Gasteiger partial charge in [0.2, 0.25) is 0 Å². The van der Waals surface area contributed by atoms with Gasteiger partial charge >= 0.3 is 0 Å². The van der Waals surface area contributed by atoms with Crippen molar-refractivity contribution in [2.45, 2.75) is 6.42 Å². The molecule has 0 bridgehead atoms. The molecule has 1 aromatic rings. The molecule has 0 aliphatic heterocycles. The van der Waals surface area contributed by atoms with Crippen molar-refractivity contribution < 1.29 is 9.50 Å². The van der Waals surface area contributed by atoms with Gasteiger partial charge in [-0.25, -0.2) is 0 Å². The lowest BCUT2D eigenvalue weighted by Gasteiger charge is -1.98. The van der Waals surface area contributed by atoms with Gasteiger partial charge in [0, 0.05) is 6.42 Å². The molecular formula is C8H9FO. The Hall–Kier alpha value is -1.05. The van der Waals surface area contributed by atoms with Crippen LogP contribution in [0.2, 0.25) is 0 Å². The lowest BCUT2D eigenvalue weighted by atomic mass is 10.1. The second kappa shape index (κ2) is 3.20. The molecule has 0 saturated heterocycles. The summed E-state index contributed by atoms with van der Waals surface area (Å²) in [5, 5.41) is 9.07. The van der Waals surface area contributed by atoms with Crippen LogP contribution in [0.3, 0.4) is 0 Å². The van der Waals surface area contributed by atoms with Crippen molar-refractivity contribution in [3.8, 4) is 5.75 Å². The van der Waals surface area contributed by atoms with E-state index in [2.05, 4.69) is 0 Å². The summed E-state index contributed by atoms with van der Waals surface area (Å²) in [6.07, 6.45) is 0.298. The number of hydrogen-bond acceptors (Lipinski definition) is 1. The summed E-state index contributed by atoms with van der Waals surface area (Å²) in [7, 11) is 0. The molecule has 0 saturated carbocycles. The first-order valence-electron chi connectivity index (χ1n) is 3.17. The van der Waals surface area contributed by atoms with Crippen molar-refractivity contribution >= 4 is 0 Å². The highest BCUT2D eigenvalue weighted by molar-refractivity contribution is 5.31. The van der Waals surface area contributed by atoms with E-state index in [1.54, 1.807) is 24.3 Å². The third-order valence-electron chi connectivity index (χ3n) is 1.36. The summed E-state index contributed by atoms with van der Waals surface area (Å²) < 4.78 is 11.7. The van der Waals surface area contributed by atoms with E-state index in [1.807, 2.05) is 0 Å². The first-order valence-corrected chi connectivity index (χ1v) is 3.17. The number of rotatable bonds is 2. The first kappa shape index (κ1) is 7.06. The van der Waals surface area contributed by atoms with Gasteiger partial charge in [-0.15, -0.1) is 0 Å². The van der Waals surface area contributed by atoms with Crippen LogP contribution in [0, 0.1) is 0 Å². The van der Waals surface area contributed by atoms with Crippen molar-refractivity contribution in [1.82, 2.24) is 0 Å². The van der Waals surface area contributed by atoms with Crippen LogP contribution in [0.1, 0.15) is 5.56 Å². The summed E-state index contributed by atoms with van der Waals surface area (Å²) in [6, 6.07) is 6.78. The highest BCUT2D eigenvalue weighted by atomic mass is 19.1. The fourth-order valence-corrected chi connectivity index (χ4v) is 0.824. The molecule has 0 atom stereocenters. The van der Waals surface area contributed by atoms with Gasteiger partial charge in [0.25, 0.3) is 0 Å². The number of aromatic hydroxyl groups is 1. The fourth-order valence-electron chi connectivity index (χ4n) is 0.824. The van der Waals surface area contributed by atoms with E-state index in [9.17, 15) is 4.39 Å². The van der Waals surface area contributed by atoms with E-state index < -0.39 is 6.67 Å². The maximum Gasteiger partial charge on any atom is 0.118 e. The summed E-state index contributed by atoms with van der Waals surface area (Å²) in [6.45, 7) is -0.419. The Bertz CT molecular complexity index is 210. The molecule has 0 aliphatic carbocycles. The minimum absolute atomic E-state index is 0.181. The van der Waals surface area contributed by atoms with Crippen LogP contribution in [-0.2, 0) is 6.42 Å². The SMILES string of the molecule is Oc1ccccc1CCF. The Morgan fingerprint density at radius 1 is 1.30 bits per heavy atom. The maximum atomic E-state index is 11.7. The minimum Gasteiger partial charge on any atom is -0.508 e. The highest BCUT2D eigenvalue weighted by Crippen LogP contribution is 2.15. The number of hydrogen-bond donors (Lipinski definition) is 1. The van der Waals surface area contributed by atoms with Crippen molar-refractivity contribution in [3.05, 3.63) is 29.8 Å². The normalized spacial score (nSPS) is 9.70. The number of halogens is 1. The van der Waals surface area contributed by atoms with Gasteiger partial charge in [-0.2, -0.15) is 0 Å². The number of alkyl halides is 1. The Kier molecular flexibility index (Phi) is 2.26. The monoisotopic (exact) mass is 140 g/mol. The zero-order chi connectivity index (χ0) is 7.40. The Morgan fingerprint density at radius 2 is 2.00 bits per heavy atom. The molecule has 0 fully saturated rings. The van der Waals surface area contributed by atoms with Gasteiger partial charge in [-0.3, -0.25) is 4.39 Å². The van der Waals surface area contributed by atoms with Crippen LogP contribution in [0.25, 0.3) is 0 Å². The Morgan fingerprint density at radius 3 is 2.60 bits per heavy atom. The molecule has 1 nitrogen and oxygen atoms in total. The van der Waals surface area contributed by atoms with Crippen LogP contribution >= 0.6 is 0 Å². The van der Waals surface area contributed by atoms with Crippen LogP contribution in [-0.4, -0.2) is 11.8 Å². The molecule has 2 heteroatoms. The Labute approximate surface area is 59.1 Å². The standard InChI is InChI=1S/C8H9FO/c9-6-5-7-3-1-2-4-8(7)10/h1-4,10H,5-6H2. The molecule has 0 aliphatic rings. The molecule has 10 heavy (non-hydrogen) atoms. The van der Waals surface area contributed by atoms with Gasteiger partial charge in [-0.05, 0) is 11.6 Å². The highest BCUT2D eigenvalue weighted by Gasteiger charge is 1.96. The number of benzene rings is 1. The fraction of sp³-hybridized carbons (Fsp3) is 0.250. The lowest BCUT2D eigenvalue weighted by molar-refractivity contribution is 0.452. The second-order valence-corrected chi connectivity index (χ2v) is 2.07. The molecule has 0 aromatic heterocycles. The quantitative estimate of drug-likeness (QED) is 0.665. The zero-order valence-electron chi connectivity index (χ0n) is 5.55. The summed E-state index contributed by atoms with van der Waals surface area (Å²) in [5.74, 6) is 0.181. The number of phenolic OH excluding ortho intramolecular Hbond substituents is 1. The van der Waals surface area contributed by atoms with Crippen molar-refractivity contribution in [2.75, 3.05) is 6.67 Å². The summed E-state index contributed by atoms with van der Waals surface area (Å²) >= 11 is 0. The topological polar surface area (TPSA) is 20.2 Å². The molecule has 1 rings (SSSR count). The number of aryl methyl sites for hydroxylation is 1. The average molecular weight is 140 g/mol. The van der Waals surface area contributed by atoms with E-state index in [-0.39, 0.29) is 5.75 Å². The Balaban J connectivity index is 2.81. The van der Waals surface area contributed by atoms with E-state index in [4.69, 9.17) is 5.11 Å². The number of phenols is 1. The zero-order valence-corrected chi connectivity index (χ0v) is 5.55. The largest absolute Gasteiger partial charge is 0.508 e. The van der Waals surface area contributed by atoms with Crippen LogP contribution in [0.15, 0.2) is 24.3 Å². The maximum absolute atomic E-state index is 11.7. The van der Waals surface area contributed by atoms with Crippen LogP contribution in [0.5, 0.6) is 5.75 Å². The van der Waals surface area contributed by atoms with Gasteiger partial charge in [0.15, 0.2) is 0 Å². The van der Waals surface area contributed by atoms with Gasteiger partial charge in [0.05, 0.1) is 6.67 Å². The van der Waals surface area contributed by atoms with E-state index in [1.165, 1.54) is 0 Å². The van der Waals surface area contributed by atoms with E-state index in [0.717, 1.165) is 0 Å². The van der Waals surface area contributed by atoms with E-state index >= 15 is 0 Å². The van der Waals surface area contributed by atoms with Crippen molar-refractivity contribution in [1.29, 1.82) is 0 Å². The summed E-state index contributed by atoms with van der Waals surface area (Å²) in [5.41, 5.74) is 0.671. The predicted molar refractivity (Wildman–Crippen MR) is 37.8 cm³/mol. The van der Waals surface area contributed by atoms with Gasteiger partial charge in [-0.1, -0.05) is 18.2 Å². The van der Waals surface area contributed by atoms with Crippen molar-refractivity contribution in [3.63, 3.8) is 0 Å². The van der Waals surface area contributed by atoms with Crippen molar-refractivity contribution in [2.24, 2.45) is 0 Å². The summed E-state index contributed by atoms with van der Waals surface area (Å²) in [4.78, 5) is 0. The molecule has 54 valence electrons. The molecule has 0 heterocycles. The third kappa shape index (κ3) is 1.47. The molecule has 0 amide bonds. The average Bonchev–Trinajstić information content (AvgIpc) is 1.94. The second-order valence-electron chi connectivity index (χ2n) is 2.07. The lowest BCUT2D eigenvalue weighted by Crippen LogP contribution is -1.85. The van der Waals surface area contributed by atoms with Crippen LogP contribution in [0.4, 0.5) is 4.39 Å². The smallest absolute Gasteiger partial charge is 0.118 e. The molecule has 0 unspecified atom stereocenters. The van der Waals surface area contributed by atoms with Gasteiger partial charge in [0.1, 0.15) is 5.75 Å². The third-order valence-corrected chi connectivity index (χ3v) is 1.36. The molecule has 0 radical (unpaired) electrons. The first-order chi connectivity index (χ1) is 4.84. The van der Waals surface area contributed by atoms with Gasteiger partial charge < -0.3 is 5.11 Å². The predicted octanol–water partition coefficient (Wildman–Crippen LogP) is 1.90. The number of para-hydroxylation sites is 1. The van der Waals surface area contributed by atoms with Crippen LogP contribution < -0.4 is 0 Å². The molecule has 0 spiro atoms. The molecule has 1 N–H and O–H groups in total. The minimum atomic E-state index is -0.419. The molecular weight excluding hydrogens is 131 g/mol. The van der Waals surface area contributed by atoms with E-state index in [0.29, 0.717) is 12.0 Å².